The monoisotopic (exact) mass is 229 g/mol. The first-order valence-corrected chi connectivity index (χ1v) is 6.10. The van der Waals surface area contributed by atoms with Crippen LogP contribution in [0.4, 0.5) is 0 Å². The quantitative estimate of drug-likeness (QED) is 0.594. The Labute approximate surface area is 97.5 Å². The van der Waals surface area contributed by atoms with E-state index in [0.717, 1.165) is 32.2 Å². The third-order valence-corrected chi connectivity index (χ3v) is 3.62. The summed E-state index contributed by atoms with van der Waals surface area (Å²) in [5, 5.41) is 8.54. The van der Waals surface area contributed by atoms with Gasteiger partial charge in [-0.15, -0.1) is 0 Å². The van der Waals surface area contributed by atoms with Gasteiger partial charge in [-0.1, -0.05) is 20.8 Å². The molecular formula is C12H23NO3. The Morgan fingerprint density at radius 1 is 1.50 bits per heavy atom. The van der Waals surface area contributed by atoms with Gasteiger partial charge < -0.3 is 4.90 Å². The van der Waals surface area contributed by atoms with Crippen LogP contribution in [0, 0.1) is 5.41 Å². The highest BCUT2D eigenvalue weighted by Gasteiger charge is 2.35. The predicted octanol–water partition coefficient (Wildman–Crippen LogP) is 2.29. The molecule has 0 bridgehead atoms. The van der Waals surface area contributed by atoms with Crippen molar-refractivity contribution in [1.29, 1.82) is 0 Å². The van der Waals surface area contributed by atoms with Crippen LogP contribution in [0.5, 0.6) is 0 Å². The summed E-state index contributed by atoms with van der Waals surface area (Å²) in [6, 6.07) is 0.0390. The maximum absolute atomic E-state index is 12.3. The molecule has 16 heavy (non-hydrogen) atoms. The molecule has 1 heterocycles. The summed E-state index contributed by atoms with van der Waals surface area (Å²) in [6.07, 6.45) is 3.90. The van der Waals surface area contributed by atoms with Crippen molar-refractivity contribution in [3.8, 4) is 0 Å². The van der Waals surface area contributed by atoms with E-state index in [0.29, 0.717) is 0 Å². The molecule has 0 aromatic heterocycles. The first-order chi connectivity index (χ1) is 7.53. The predicted molar refractivity (Wildman–Crippen MR) is 62.0 cm³/mol. The molecule has 0 spiro atoms. The number of nitrogens with zero attached hydrogens (tertiary/aromatic N) is 1. The molecule has 1 aliphatic rings. The van der Waals surface area contributed by atoms with Crippen LogP contribution in [0.25, 0.3) is 0 Å². The summed E-state index contributed by atoms with van der Waals surface area (Å²) in [5.74, 6) is 0.178. The minimum Gasteiger partial charge on any atom is -0.337 e. The molecule has 0 aromatic carbocycles. The average Bonchev–Trinajstić information content (AvgIpc) is 2.29. The van der Waals surface area contributed by atoms with Gasteiger partial charge in [0.25, 0.3) is 0 Å². The second kappa shape index (κ2) is 5.64. The zero-order chi connectivity index (χ0) is 12.2. The molecule has 1 aliphatic heterocycles. The van der Waals surface area contributed by atoms with Gasteiger partial charge in [0.05, 0.1) is 6.04 Å². The fourth-order valence-electron chi connectivity index (χ4n) is 2.07. The van der Waals surface area contributed by atoms with Crippen LogP contribution in [0.15, 0.2) is 0 Å². The van der Waals surface area contributed by atoms with Gasteiger partial charge in [-0.25, -0.2) is 4.89 Å². The topological polar surface area (TPSA) is 49.8 Å². The van der Waals surface area contributed by atoms with E-state index in [9.17, 15) is 4.79 Å². The Bertz CT molecular complexity index is 238. The number of hydrogen-bond donors (Lipinski definition) is 1. The Balaban J connectivity index is 2.71. The van der Waals surface area contributed by atoms with E-state index < -0.39 is 0 Å². The number of hydrogen-bond acceptors (Lipinski definition) is 3. The van der Waals surface area contributed by atoms with Crippen molar-refractivity contribution in [1.82, 2.24) is 4.90 Å². The van der Waals surface area contributed by atoms with Crippen LogP contribution in [0.2, 0.25) is 0 Å². The maximum atomic E-state index is 12.3. The highest BCUT2D eigenvalue weighted by Crippen LogP contribution is 2.27. The number of amides is 1. The van der Waals surface area contributed by atoms with Crippen molar-refractivity contribution in [2.24, 2.45) is 5.41 Å². The van der Waals surface area contributed by atoms with Crippen LogP contribution in [0.1, 0.15) is 46.5 Å². The Morgan fingerprint density at radius 2 is 2.19 bits per heavy atom. The van der Waals surface area contributed by atoms with Crippen LogP contribution in [0.3, 0.4) is 0 Å². The number of carbonyl (C=O) groups excluding carboxylic acids is 1. The zero-order valence-electron chi connectivity index (χ0n) is 10.5. The van der Waals surface area contributed by atoms with Gasteiger partial charge in [0, 0.05) is 12.0 Å². The van der Waals surface area contributed by atoms with Gasteiger partial charge >= 0.3 is 0 Å². The highest BCUT2D eigenvalue weighted by atomic mass is 17.1. The number of carbonyl (C=O) groups is 1. The van der Waals surface area contributed by atoms with Crippen LogP contribution in [-0.4, -0.2) is 35.3 Å². The van der Waals surface area contributed by atoms with E-state index in [1.54, 1.807) is 0 Å². The normalized spacial score (nSPS) is 22.2. The third kappa shape index (κ3) is 2.95. The molecule has 4 nitrogen and oxygen atoms in total. The number of likely N-dealkylation sites (tertiary alicyclic amines) is 1. The van der Waals surface area contributed by atoms with Gasteiger partial charge in [0.2, 0.25) is 5.91 Å². The molecule has 1 unspecified atom stereocenters. The molecule has 1 atom stereocenters. The zero-order valence-corrected chi connectivity index (χ0v) is 10.5. The number of piperidine rings is 1. The van der Waals surface area contributed by atoms with E-state index in [1.165, 1.54) is 0 Å². The standard InChI is InChI=1S/C12H23NO3/c1-4-12(2,3)11(14)13-8-6-5-7-10(13)9-16-15/h10,15H,4-9H2,1-3H3. The van der Waals surface area contributed by atoms with Gasteiger partial charge in [0.1, 0.15) is 6.61 Å². The number of rotatable bonds is 4. The van der Waals surface area contributed by atoms with Crippen LogP contribution in [-0.2, 0) is 9.68 Å². The van der Waals surface area contributed by atoms with E-state index in [1.807, 2.05) is 25.7 Å². The van der Waals surface area contributed by atoms with Gasteiger partial charge in [0.15, 0.2) is 0 Å². The van der Waals surface area contributed by atoms with Gasteiger partial charge in [-0.2, -0.15) is 0 Å². The molecule has 0 radical (unpaired) electrons. The summed E-state index contributed by atoms with van der Waals surface area (Å²) in [7, 11) is 0. The summed E-state index contributed by atoms with van der Waals surface area (Å²) >= 11 is 0. The molecule has 94 valence electrons. The molecule has 1 saturated heterocycles. The second-order valence-corrected chi connectivity index (χ2v) is 5.18. The summed E-state index contributed by atoms with van der Waals surface area (Å²) in [5.41, 5.74) is -0.314. The maximum Gasteiger partial charge on any atom is 0.228 e. The largest absolute Gasteiger partial charge is 0.337 e. The minimum atomic E-state index is -0.314. The van der Waals surface area contributed by atoms with Crippen molar-refractivity contribution in [2.75, 3.05) is 13.2 Å². The first kappa shape index (κ1) is 13.5. The molecule has 1 fully saturated rings. The van der Waals surface area contributed by atoms with E-state index in [2.05, 4.69) is 4.89 Å². The smallest absolute Gasteiger partial charge is 0.228 e. The molecule has 1 rings (SSSR count). The van der Waals surface area contributed by atoms with Crippen molar-refractivity contribution < 1.29 is 14.9 Å². The first-order valence-electron chi connectivity index (χ1n) is 6.10. The SMILES string of the molecule is CCC(C)(C)C(=O)N1CCCCC1COO. The van der Waals surface area contributed by atoms with E-state index >= 15 is 0 Å². The van der Waals surface area contributed by atoms with Crippen molar-refractivity contribution in [3.63, 3.8) is 0 Å². The summed E-state index contributed by atoms with van der Waals surface area (Å²) in [6.45, 7) is 6.99. The van der Waals surface area contributed by atoms with Crippen molar-refractivity contribution >= 4 is 5.91 Å². The summed E-state index contributed by atoms with van der Waals surface area (Å²) in [4.78, 5) is 18.4. The van der Waals surface area contributed by atoms with E-state index in [4.69, 9.17) is 5.26 Å². The fraction of sp³-hybridized carbons (Fsp3) is 0.917. The summed E-state index contributed by atoms with van der Waals surface area (Å²) < 4.78 is 0. The second-order valence-electron chi connectivity index (χ2n) is 5.18. The molecule has 1 amide bonds. The Hall–Kier alpha value is -0.610. The highest BCUT2D eigenvalue weighted by molar-refractivity contribution is 5.82. The van der Waals surface area contributed by atoms with Crippen LogP contribution < -0.4 is 0 Å². The Kier molecular flexibility index (Phi) is 4.74. The Morgan fingerprint density at radius 3 is 2.75 bits per heavy atom. The lowest BCUT2D eigenvalue weighted by Crippen LogP contribution is -2.50. The average molecular weight is 229 g/mol. The van der Waals surface area contributed by atoms with Gasteiger partial charge in [-0.05, 0) is 25.7 Å². The third-order valence-electron chi connectivity index (χ3n) is 3.62. The molecule has 4 heteroatoms. The lowest BCUT2D eigenvalue weighted by Gasteiger charge is -2.39. The van der Waals surface area contributed by atoms with Crippen molar-refractivity contribution in [3.05, 3.63) is 0 Å². The lowest BCUT2D eigenvalue weighted by atomic mass is 9.87. The van der Waals surface area contributed by atoms with Crippen molar-refractivity contribution in [2.45, 2.75) is 52.5 Å². The van der Waals surface area contributed by atoms with E-state index in [-0.39, 0.29) is 24.0 Å². The molecule has 1 N–H and O–H groups in total. The minimum absolute atomic E-state index is 0.0390. The van der Waals surface area contributed by atoms with Crippen LogP contribution >= 0.6 is 0 Å². The molecule has 0 saturated carbocycles. The molecular weight excluding hydrogens is 206 g/mol. The fourth-order valence-corrected chi connectivity index (χ4v) is 2.07. The lowest BCUT2D eigenvalue weighted by molar-refractivity contribution is -0.253. The molecule has 0 aromatic rings. The molecule has 0 aliphatic carbocycles. The van der Waals surface area contributed by atoms with Gasteiger partial charge in [-0.3, -0.25) is 10.1 Å².